The first kappa shape index (κ1) is 16.5. The Labute approximate surface area is 129 Å². The van der Waals surface area contributed by atoms with Crippen molar-refractivity contribution in [3.63, 3.8) is 0 Å². The van der Waals surface area contributed by atoms with Gasteiger partial charge in [0.05, 0.1) is 5.69 Å². The van der Waals surface area contributed by atoms with Crippen LogP contribution in [0.2, 0.25) is 0 Å². The zero-order valence-electron chi connectivity index (χ0n) is 11.8. The molecule has 0 aliphatic carbocycles. The number of nitrogens with zero attached hydrogens (tertiary/aromatic N) is 1. The monoisotopic (exact) mass is 326 g/mol. The van der Waals surface area contributed by atoms with Crippen LogP contribution in [0.5, 0.6) is 0 Å². The van der Waals surface area contributed by atoms with E-state index in [9.17, 15) is 22.8 Å². The third-order valence-electron chi connectivity index (χ3n) is 2.85. The molecule has 3 N–H and O–H groups in total. The highest BCUT2D eigenvalue weighted by Gasteiger charge is 2.38. The normalized spacial score (nSPS) is 11.1. The second kappa shape index (κ2) is 6.95. The highest BCUT2D eigenvalue weighted by Crippen LogP contribution is 2.16. The van der Waals surface area contributed by atoms with Gasteiger partial charge >= 0.3 is 12.1 Å². The molecule has 2 amide bonds. The Bertz CT molecular complexity index is 683. The number of halogens is 3. The van der Waals surface area contributed by atoms with E-state index in [2.05, 4.69) is 15.5 Å². The topological polar surface area (TPSA) is 86.9 Å². The molecule has 0 aliphatic rings. The zero-order valence-corrected chi connectivity index (χ0v) is 11.8. The van der Waals surface area contributed by atoms with Gasteiger partial charge < -0.3 is 10.6 Å². The van der Waals surface area contributed by atoms with Crippen molar-refractivity contribution >= 4 is 11.8 Å². The van der Waals surface area contributed by atoms with Crippen molar-refractivity contribution in [3.8, 4) is 11.3 Å². The number of benzene rings is 1. The van der Waals surface area contributed by atoms with Crippen molar-refractivity contribution in [1.29, 1.82) is 0 Å². The average Bonchev–Trinajstić information content (AvgIpc) is 3.01. The molecule has 0 radical (unpaired) electrons. The fourth-order valence-electron chi connectivity index (χ4n) is 1.74. The number of hydrogen-bond donors (Lipinski definition) is 3. The number of aromatic amines is 1. The molecule has 9 heteroatoms. The van der Waals surface area contributed by atoms with Gasteiger partial charge in [-0.05, 0) is 6.07 Å². The van der Waals surface area contributed by atoms with Crippen LogP contribution in [0.15, 0.2) is 36.4 Å². The van der Waals surface area contributed by atoms with E-state index in [0.717, 1.165) is 5.56 Å². The molecule has 0 atom stereocenters. The Morgan fingerprint density at radius 2 is 1.74 bits per heavy atom. The molecule has 0 saturated carbocycles. The number of aromatic nitrogens is 2. The maximum absolute atomic E-state index is 12.0. The summed E-state index contributed by atoms with van der Waals surface area (Å²) < 4.78 is 35.9. The smallest absolute Gasteiger partial charge is 0.349 e. The molecule has 1 aromatic carbocycles. The summed E-state index contributed by atoms with van der Waals surface area (Å²) in [5.41, 5.74) is 1.56. The summed E-state index contributed by atoms with van der Waals surface area (Å²) in [6.07, 6.45) is -4.93. The molecule has 1 heterocycles. The molecule has 0 aliphatic heterocycles. The number of rotatable bonds is 5. The summed E-state index contributed by atoms with van der Waals surface area (Å²) in [5.74, 6) is -2.57. The van der Waals surface area contributed by atoms with Gasteiger partial charge in [0.25, 0.3) is 5.91 Å². The van der Waals surface area contributed by atoms with Gasteiger partial charge in [0.15, 0.2) is 0 Å². The summed E-state index contributed by atoms with van der Waals surface area (Å²) in [7, 11) is 0. The Hall–Kier alpha value is -2.84. The van der Waals surface area contributed by atoms with Gasteiger partial charge in [-0.3, -0.25) is 14.7 Å². The van der Waals surface area contributed by atoms with Crippen molar-refractivity contribution in [2.24, 2.45) is 0 Å². The number of H-pyrrole nitrogens is 1. The lowest BCUT2D eigenvalue weighted by Gasteiger charge is -2.08. The number of carbonyl (C=O) groups is 2. The van der Waals surface area contributed by atoms with E-state index in [1.807, 2.05) is 30.3 Å². The van der Waals surface area contributed by atoms with E-state index in [1.165, 1.54) is 6.07 Å². The summed E-state index contributed by atoms with van der Waals surface area (Å²) in [6, 6.07) is 10.7. The first-order valence-electron chi connectivity index (χ1n) is 6.62. The highest BCUT2D eigenvalue weighted by atomic mass is 19.4. The van der Waals surface area contributed by atoms with Crippen LogP contribution < -0.4 is 10.6 Å². The van der Waals surface area contributed by atoms with Crippen LogP contribution in [0.4, 0.5) is 13.2 Å². The van der Waals surface area contributed by atoms with Crippen LogP contribution in [0.25, 0.3) is 11.3 Å². The molecule has 0 saturated heterocycles. The van der Waals surface area contributed by atoms with Crippen molar-refractivity contribution in [1.82, 2.24) is 20.8 Å². The van der Waals surface area contributed by atoms with Crippen LogP contribution >= 0.6 is 0 Å². The molecule has 1 aromatic heterocycles. The van der Waals surface area contributed by atoms with Gasteiger partial charge in [0.2, 0.25) is 0 Å². The van der Waals surface area contributed by atoms with E-state index < -0.39 is 18.0 Å². The molecule has 0 bridgehead atoms. The van der Waals surface area contributed by atoms with E-state index in [0.29, 0.717) is 5.69 Å². The zero-order chi connectivity index (χ0) is 16.9. The molecule has 122 valence electrons. The summed E-state index contributed by atoms with van der Waals surface area (Å²) in [4.78, 5) is 22.4. The van der Waals surface area contributed by atoms with E-state index in [-0.39, 0.29) is 18.8 Å². The lowest BCUT2D eigenvalue weighted by atomic mass is 10.1. The molecule has 2 aromatic rings. The average molecular weight is 326 g/mol. The fraction of sp³-hybridized carbons (Fsp3) is 0.214. The Balaban J connectivity index is 1.83. The predicted molar refractivity (Wildman–Crippen MR) is 75.4 cm³/mol. The van der Waals surface area contributed by atoms with E-state index in [1.54, 1.807) is 5.32 Å². The van der Waals surface area contributed by atoms with Gasteiger partial charge in [0.1, 0.15) is 5.69 Å². The molecule has 6 nitrogen and oxygen atoms in total. The summed E-state index contributed by atoms with van der Waals surface area (Å²) in [5, 5.41) is 10.6. The Morgan fingerprint density at radius 1 is 1.09 bits per heavy atom. The number of alkyl halides is 3. The SMILES string of the molecule is O=C(NCCNC(=O)C(F)(F)F)c1cc(-c2ccccc2)n[nH]1. The predicted octanol–water partition coefficient (Wildman–Crippen LogP) is 1.48. The Kier molecular flexibility index (Phi) is 4.99. The molecule has 0 spiro atoms. The molecular weight excluding hydrogens is 313 g/mol. The quantitative estimate of drug-likeness (QED) is 0.728. The third-order valence-corrected chi connectivity index (χ3v) is 2.85. The van der Waals surface area contributed by atoms with Crippen LogP contribution in [0.1, 0.15) is 10.5 Å². The van der Waals surface area contributed by atoms with Gasteiger partial charge in [-0.15, -0.1) is 0 Å². The first-order valence-corrected chi connectivity index (χ1v) is 6.62. The standard InChI is InChI=1S/C14H13F3N4O2/c15-14(16,17)13(23)19-7-6-18-12(22)11-8-10(20-21-11)9-4-2-1-3-5-9/h1-5,8H,6-7H2,(H,18,22)(H,19,23)(H,20,21). The minimum absolute atomic E-state index is 0.139. The van der Waals surface area contributed by atoms with Gasteiger partial charge in [-0.2, -0.15) is 18.3 Å². The lowest BCUT2D eigenvalue weighted by Crippen LogP contribution is -2.41. The fourth-order valence-corrected chi connectivity index (χ4v) is 1.74. The minimum atomic E-state index is -4.93. The highest BCUT2D eigenvalue weighted by molar-refractivity contribution is 5.93. The van der Waals surface area contributed by atoms with Crippen LogP contribution in [-0.2, 0) is 4.79 Å². The number of hydrogen-bond acceptors (Lipinski definition) is 3. The van der Waals surface area contributed by atoms with Crippen molar-refractivity contribution < 1.29 is 22.8 Å². The van der Waals surface area contributed by atoms with E-state index in [4.69, 9.17) is 0 Å². The molecule has 0 unspecified atom stereocenters. The van der Waals surface area contributed by atoms with Crippen molar-refractivity contribution in [2.75, 3.05) is 13.1 Å². The van der Waals surface area contributed by atoms with Gasteiger partial charge in [-0.25, -0.2) is 0 Å². The van der Waals surface area contributed by atoms with E-state index >= 15 is 0 Å². The lowest BCUT2D eigenvalue weighted by molar-refractivity contribution is -0.173. The Morgan fingerprint density at radius 3 is 2.39 bits per heavy atom. The number of amides is 2. The third kappa shape index (κ3) is 4.56. The first-order chi connectivity index (χ1) is 10.9. The largest absolute Gasteiger partial charge is 0.471 e. The summed E-state index contributed by atoms with van der Waals surface area (Å²) >= 11 is 0. The minimum Gasteiger partial charge on any atom is -0.349 e. The number of nitrogens with one attached hydrogen (secondary N) is 3. The number of carbonyl (C=O) groups excluding carboxylic acids is 2. The van der Waals surface area contributed by atoms with Crippen LogP contribution in [0, 0.1) is 0 Å². The van der Waals surface area contributed by atoms with Gasteiger partial charge in [-0.1, -0.05) is 30.3 Å². The maximum atomic E-state index is 12.0. The van der Waals surface area contributed by atoms with Crippen LogP contribution in [-0.4, -0.2) is 41.3 Å². The van der Waals surface area contributed by atoms with Crippen molar-refractivity contribution in [3.05, 3.63) is 42.1 Å². The van der Waals surface area contributed by atoms with Crippen molar-refractivity contribution in [2.45, 2.75) is 6.18 Å². The molecule has 0 fully saturated rings. The van der Waals surface area contributed by atoms with Gasteiger partial charge in [0, 0.05) is 18.7 Å². The second-order valence-corrected chi connectivity index (χ2v) is 4.54. The molecule has 23 heavy (non-hydrogen) atoms. The molecular formula is C14H13F3N4O2. The molecule has 2 rings (SSSR count). The maximum Gasteiger partial charge on any atom is 0.471 e. The van der Waals surface area contributed by atoms with Crippen LogP contribution in [0.3, 0.4) is 0 Å². The summed E-state index contributed by atoms with van der Waals surface area (Å²) in [6.45, 7) is -0.468. The second-order valence-electron chi connectivity index (χ2n) is 4.54.